The Kier molecular flexibility index (Phi) is 3.50. The highest BCUT2D eigenvalue weighted by atomic mass is 79.9. The number of nitrogens with two attached hydrogens (primary N) is 1. The molecule has 0 aromatic carbocycles. The van der Waals surface area contributed by atoms with Crippen LogP contribution in [0.25, 0.3) is 22.3 Å². The highest BCUT2D eigenvalue weighted by molar-refractivity contribution is 9.10. The van der Waals surface area contributed by atoms with E-state index >= 15 is 0 Å². The molecule has 7 heteroatoms. The minimum atomic E-state index is 0. The number of pyridine rings is 1. The molecule has 0 aliphatic heterocycles. The molecule has 3 N–H and O–H groups in total. The van der Waals surface area contributed by atoms with Gasteiger partial charge in [-0.15, -0.1) is 28.3 Å². The number of halogens is 2. The first-order valence-corrected chi connectivity index (χ1v) is 6.25. The van der Waals surface area contributed by atoms with Crippen LogP contribution in [0.15, 0.2) is 28.3 Å². The largest absolute Gasteiger partial charge is 0.375 e. The van der Waals surface area contributed by atoms with Crippen LogP contribution in [0.4, 0.5) is 5.13 Å². The molecule has 0 amide bonds. The van der Waals surface area contributed by atoms with E-state index in [1.807, 2.05) is 17.6 Å². The summed E-state index contributed by atoms with van der Waals surface area (Å²) in [7, 11) is 0. The minimum Gasteiger partial charge on any atom is -0.375 e. The standard InChI is InChI=1S/C10H7BrN4S.BrH/c11-5-1-6-7(3-14-9(6)13-2-5)8-4-16-10(12)15-8;/h1-4H,(H2,12,15)(H,13,14);1H. The van der Waals surface area contributed by atoms with E-state index in [4.69, 9.17) is 5.73 Å². The molecule has 3 rings (SSSR count). The van der Waals surface area contributed by atoms with Crippen LogP contribution in [0.3, 0.4) is 0 Å². The van der Waals surface area contributed by atoms with E-state index in [1.54, 1.807) is 6.20 Å². The number of aromatic amines is 1. The Labute approximate surface area is 120 Å². The third-order valence-electron chi connectivity index (χ3n) is 2.30. The fourth-order valence-electron chi connectivity index (χ4n) is 1.60. The van der Waals surface area contributed by atoms with Gasteiger partial charge in [-0.3, -0.25) is 0 Å². The highest BCUT2D eigenvalue weighted by Gasteiger charge is 2.09. The summed E-state index contributed by atoms with van der Waals surface area (Å²) < 4.78 is 0.948. The van der Waals surface area contributed by atoms with Crippen molar-refractivity contribution in [2.45, 2.75) is 0 Å². The molecule has 0 aliphatic rings. The molecule has 0 saturated carbocycles. The van der Waals surface area contributed by atoms with Crippen molar-refractivity contribution in [3.8, 4) is 11.3 Å². The van der Waals surface area contributed by atoms with Gasteiger partial charge in [-0.05, 0) is 22.0 Å². The number of aromatic nitrogens is 3. The molecular weight excluding hydrogens is 368 g/mol. The van der Waals surface area contributed by atoms with Crippen LogP contribution < -0.4 is 5.73 Å². The lowest BCUT2D eigenvalue weighted by Gasteiger charge is -1.94. The van der Waals surface area contributed by atoms with E-state index < -0.39 is 0 Å². The summed E-state index contributed by atoms with van der Waals surface area (Å²) in [6.07, 6.45) is 3.66. The molecule has 4 nitrogen and oxygen atoms in total. The molecular formula is C10H8Br2N4S. The number of hydrogen-bond donors (Lipinski definition) is 2. The summed E-state index contributed by atoms with van der Waals surface area (Å²) >= 11 is 4.85. The number of H-pyrrole nitrogens is 1. The van der Waals surface area contributed by atoms with Gasteiger partial charge in [-0.1, -0.05) is 0 Å². The number of nitrogen functional groups attached to an aromatic ring is 1. The lowest BCUT2D eigenvalue weighted by atomic mass is 10.2. The molecule has 3 heterocycles. The quantitative estimate of drug-likeness (QED) is 0.682. The van der Waals surface area contributed by atoms with Crippen LogP contribution >= 0.6 is 44.2 Å². The van der Waals surface area contributed by atoms with Gasteiger partial charge in [0.05, 0.1) is 5.69 Å². The summed E-state index contributed by atoms with van der Waals surface area (Å²) in [5, 5.41) is 3.56. The van der Waals surface area contributed by atoms with Gasteiger partial charge >= 0.3 is 0 Å². The second-order valence-electron chi connectivity index (χ2n) is 3.32. The van der Waals surface area contributed by atoms with E-state index in [2.05, 4.69) is 30.9 Å². The number of hydrogen-bond acceptors (Lipinski definition) is 4. The molecule has 0 fully saturated rings. The Bertz CT molecular complexity index is 661. The molecule has 0 aliphatic carbocycles. The first-order chi connectivity index (χ1) is 7.74. The lowest BCUT2D eigenvalue weighted by Crippen LogP contribution is -1.82. The van der Waals surface area contributed by atoms with E-state index in [1.165, 1.54) is 11.3 Å². The molecule has 0 spiro atoms. The van der Waals surface area contributed by atoms with Crippen molar-refractivity contribution in [3.63, 3.8) is 0 Å². The summed E-state index contributed by atoms with van der Waals surface area (Å²) in [6, 6.07) is 2.02. The Hall–Kier alpha value is -0.920. The third-order valence-corrected chi connectivity index (χ3v) is 3.40. The second-order valence-corrected chi connectivity index (χ2v) is 5.13. The van der Waals surface area contributed by atoms with Gasteiger partial charge in [-0.2, -0.15) is 0 Å². The van der Waals surface area contributed by atoms with Crippen LogP contribution in [-0.4, -0.2) is 15.0 Å². The van der Waals surface area contributed by atoms with Crippen molar-refractivity contribution in [2.24, 2.45) is 0 Å². The van der Waals surface area contributed by atoms with Gasteiger partial charge in [0.1, 0.15) is 5.65 Å². The fraction of sp³-hybridized carbons (Fsp3) is 0. The number of nitrogens with zero attached hydrogens (tertiary/aromatic N) is 2. The third kappa shape index (κ3) is 2.22. The molecule has 3 aromatic rings. The molecule has 0 saturated heterocycles. The Morgan fingerprint density at radius 1 is 1.41 bits per heavy atom. The SMILES string of the molecule is Br.Nc1nc(-c2c[nH]c3ncc(Br)cc23)cs1. The number of thiazole rings is 1. The molecule has 0 unspecified atom stereocenters. The number of fused-ring (bicyclic) bond motifs is 1. The zero-order valence-electron chi connectivity index (χ0n) is 8.48. The molecule has 3 aromatic heterocycles. The number of nitrogens with one attached hydrogen (secondary N) is 1. The zero-order chi connectivity index (χ0) is 11.1. The second kappa shape index (κ2) is 4.75. The van der Waals surface area contributed by atoms with E-state index in [0.29, 0.717) is 5.13 Å². The van der Waals surface area contributed by atoms with Crippen molar-refractivity contribution < 1.29 is 0 Å². The van der Waals surface area contributed by atoms with Gasteiger partial charge in [-0.25, -0.2) is 9.97 Å². The molecule has 0 radical (unpaired) electrons. The first-order valence-electron chi connectivity index (χ1n) is 4.58. The summed E-state index contributed by atoms with van der Waals surface area (Å²) in [6.45, 7) is 0. The first kappa shape index (κ1) is 12.5. The van der Waals surface area contributed by atoms with Crippen molar-refractivity contribution in [2.75, 3.05) is 5.73 Å². The molecule has 88 valence electrons. The molecule has 0 atom stereocenters. The van der Waals surface area contributed by atoms with Crippen LogP contribution in [0, 0.1) is 0 Å². The van der Waals surface area contributed by atoms with E-state index in [9.17, 15) is 0 Å². The highest BCUT2D eigenvalue weighted by Crippen LogP contribution is 2.30. The zero-order valence-corrected chi connectivity index (χ0v) is 12.6. The maximum atomic E-state index is 5.63. The predicted molar refractivity (Wildman–Crippen MR) is 79.6 cm³/mol. The number of anilines is 1. The van der Waals surface area contributed by atoms with Crippen molar-refractivity contribution in [3.05, 3.63) is 28.3 Å². The van der Waals surface area contributed by atoms with Gasteiger partial charge in [0.2, 0.25) is 0 Å². The van der Waals surface area contributed by atoms with Crippen molar-refractivity contribution >= 4 is 60.4 Å². The van der Waals surface area contributed by atoms with Crippen LogP contribution in [0.2, 0.25) is 0 Å². The van der Waals surface area contributed by atoms with E-state index in [0.717, 1.165) is 26.8 Å². The fourth-order valence-corrected chi connectivity index (χ4v) is 2.50. The lowest BCUT2D eigenvalue weighted by molar-refractivity contribution is 1.31. The number of rotatable bonds is 1. The van der Waals surface area contributed by atoms with Gasteiger partial charge in [0.25, 0.3) is 0 Å². The summed E-state index contributed by atoms with van der Waals surface area (Å²) in [5.74, 6) is 0. The molecule has 0 bridgehead atoms. The topological polar surface area (TPSA) is 67.6 Å². The Balaban J connectivity index is 0.00000108. The smallest absolute Gasteiger partial charge is 0.180 e. The van der Waals surface area contributed by atoms with Gasteiger partial charge < -0.3 is 10.7 Å². The average Bonchev–Trinajstić information content (AvgIpc) is 2.83. The van der Waals surface area contributed by atoms with E-state index in [-0.39, 0.29) is 17.0 Å². The summed E-state index contributed by atoms with van der Waals surface area (Å²) in [4.78, 5) is 11.7. The minimum absolute atomic E-state index is 0. The molecule has 17 heavy (non-hydrogen) atoms. The average molecular weight is 376 g/mol. The van der Waals surface area contributed by atoms with Gasteiger partial charge in [0, 0.05) is 33.2 Å². The van der Waals surface area contributed by atoms with Crippen LogP contribution in [-0.2, 0) is 0 Å². The monoisotopic (exact) mass is 374 g/mol. The van der Waals surface area contributed by atoms with Crippen LogP contribution in [0.1, 0.15) is 0 Å². The Morgan fingerprint density at radius 2 is 2.24 bits per heavy atom. The van der Waals surface area contributed by atoms with Crippen molar-refractivity contribution in [1.29, 1.82) is 0 Å². The normalized spacial score (nSPS) is 10.4. The maximum absolute atomic E-state index is 5.63. The predicted octanol–water partition coefficient (Wildman–Crippen LogP) is 3.61. The van der Waals surface area contributed by atoms with Crippen LogP contribution in [0.5, 0.6) is 0 Å². The maximum Gasteiger partial charge on any atom is 0.180 e. The summed E-state index contributed by atoms with van der Waals surface area (Å²) in [5.41, 5.74) is 8.39. The Morgan fingerprint density at radius 3 is 2.94 bits per heavy atom. The van der Waals surface area contributed by atoms with Crippen molar-refractivity contribution in [1.82, 2.24) is 15.0 Å². The van der Waals surface area contributed by atoms with Gasteiger partial charge in [0.15, 0.2) is 5.13 Å².